The van der Waals surface area contributed by atoms with E-state index in [-0.39, 0.29) is 18.4 Å². The van der Waals surface area contributed by atoms with Gasteiger partial charge >= 0.3 is 0 Å². The summed E-state index contributed by atoms with van der Waals surface area (Å²) < 4.78 is 1.97. The summed E-state index contributed by atoms with van der Waals surface area (Å²) in [5.74, 6) is 0.622. The van der Waals surface area contributed by atoms with E-state index in [1.807, 2.05) is 51.9 Å². The number of anilines is 1. The van der Waals surface area contributed by atoms with E-state index < -0.39 is 0 Å². The zero-order chi connectivity index (χ0) is 23.5. The van der Waals surface area contributed by atoms with E-state index in [1.54, 1.807) is 24.3 Å². The van der Waals surface area contributed by atoms with Crippen LogP contribution in [-0.2, 0) is 24.2 Å². The summed E-state index contributed by atoms with van der Waals surface area (Å²) in [5.41, 5.74) is 4.47. The van der Waals surface area contributed by atoms with Crippen LogP contribution < -0.4 is 10.2 Å². The van der Waals surface area contributed by atoms with E-state index in [1.165, 1.54) is 5.56 Å². The van der Waals surface area contributed by atoms with Crippen molar-refractivity contribution in [1.29, 1.82) is 0 Å². The van der Waals surface area contributed by atoms with Crippen molar-refractivity contribution in [3.05, 3.63) is 94.8 Å². The summed E-state index contributed by atoms with van der Waals surface area (Å²) in [6, 6.07) is 22.8. The second-order valence-electron chi connectivity index (χ2n) is 8.40. The molecule has 2 heterocycles. The van der Waals surface area contributed by atoms with Crippen LogP contribution in [0.25, 0.3) is 11.0 Å². The number of benzene rings is 3. The Kier molecular flexibility index (Phi) is 6.32. The first-order valence-electron chi connectivity index (χ1n) is 11.5. The average molecular weight is 473 g/mol. The van der Waals surface area contributed by atoms with Gasteiger partial charge in [0, 0.05) is 35.8 Å². The molecule has 1 aliphatic rings. The Hall–Kier alpha value is -3.64. The number of halogens is 1. The molecule has 0 saturated heterocycles. The molecule has 7 heteroatoms. The molecule has 0 unspecified atom stereocenters. The third-order valence-electron chi connectivity index (χ3n) is 6.16. The molecule has 0 spiro atoms. The molecule has 1 aliphatic heterocycles. The van der Waals surface area contributed by atoms with Crippen molar-refractivity contribution in [2.24, 2.45) is 0 Å². The number of carbonyl (C=O) groups excluding carboxylic acids is 2. The van der Waals surface area contributed by atoms with E-state index in [0.717, 1.165) is 35.4 Å². The van der Waals surface area contributed by atoms with Crippen LogP contribution in [0.4, 0.5) is 5.69 Å². The van der Waals surface area contributed by atoms with Crippen molar-refractivity contribution in [2.75, 3.05) is 18.0 Å². The molecule has 172 valence electrons. The highest BCUT2D eigenvalue weighted by molar-refractivity contribution is 6.30. The molecule has 0 saturated carbocycles. The second-order valence-corrected chi connectivity index (χ2v) is 8.83. The van der Waals surface area contributed by atoms with Gasteiger partial charge in [-0.25, -0.2) is 4.98 Å². The highest BCUT2D eigenvalue weighted by Crippen LogP contribution is 2.27. The first-order valence-corrected chi connectivity index (χ1v) is 11.8. The van der Waals surface area contributed by atoms with Crippen LogP contribution in [0.2, 0.25) is 5.02 Å². The number of hydrogen-bond acceptors (Lipinski definition) is 3. The minimum absolute atomic E-state index is 0.0412. The van der Waals surface area contributed by atoms with Gasteiger partial charge in [-0.05, 0) is 54.8 Å². The normalized spacial score (nSPS) is 13.0. The molecule has 1 aromatic heterocycles. The van der Waals surface area contributed by atoms with Crippen LogP contribution >= 0.6 is 11.6 Å². The van der Waals surface area contributed by atoms with E-state index >= 15 is 0 Å². The largest absolute Gasteiger partial charge is 0.352 e. The van der Waals surface area contributed by atoms with Crippen LogP contribution in [0, 0.1) is 0 Å². The third kappa shape index (κ3) is 4.54. The molecule has 0 bridgehead atoms. The third-order valence-corrected chi connectivity index (χ3v) is 6.39. The highest BCUT2D eigenvalue weighted by atomic mass is 35.5. The molecule has 5 rings (SSSR count). The predicted molar refractivity (Wildman–Crippen MR) is 134 cm³/mol. The molecule has 2 amide bonds. The molecule has 0 radical (unpaired) electrons. The Morgan fingerprint density at radius 2 is 1.82 bits per heavy atom. The maximum Gasteiger partial charge on any atom is 0.251 e. The number of rotatable bonds is 6. The fourth-order valence-electron chi connectivity index (χ4n) is 4.53. The van der Waals surface area contributed by atoms with E-state index in [4.69, 9.17) is 16.6 Å². The maximum absolute atomic E-state index is 13.4. The van der Waals surface area contributed by atoms with Crippen LogP contribution in [0.1, 0.15) is 28.2 Å². The number of nitrogens with zero attached hydrogens (tertiary/aromatic N) is 3. The Morgan fingerprint density at radius 3 is 2.71 bits per heavy atom. The van der Waals surface area contributed by atoms with E-state index in [9.17, 15) is 9.59 Å². The van der Waals surface area contributed by atoms with Gasteiger partial charge in [0.25, 0.3) is 5.91 Å². The summed E-state index contributed by atoms with van der Waals surface area (Å²) in [6.07, 6.45) is 2.45. The predicted octanol–water partition coefficient (Wildman–Crippen LogP) is 4.64. The summed E-state index contributed by atoms with van der Waals surface area (Å²) in [6.45, 7) is 1.31. The molecule has 0 atom stereocenters. The number of carbonyl (C=O) groups is 2. The van der Waals surface area contributed by atoms with Gasteiger partial charge in [0.1, 0.15) is 12.4 Å². The van der Waals surface area contributed by atoms with Gasteiger partial charge in [-0.2, -0.15) is 0 Å². The first kappa shape index (κ1) is 22.2. The molecule has 0 fully saturated rings. The summed E-state index contributed by atoms with van der Waals surface area (Å²) in [5, 5.41) is 3.45. The average Bonchev–Trinajstić information content (AvgIpc) is 3.20. The number of fused-ring (bicyclic) bond motifs is 2. The molecular formula is C27H25ClN4O2. The molecule has 0 aliphatic carbocycles. The van der Waals surface area contributed by atoms with Crippen molar-refractivity contribution >= 4 is 40.1 Å². The number of aryl methyl sites for hydroxylation is 1. The van der Waals surface area contributed by atoms with E-state index in [2.05, 4.69) is 11.4 Å². The van der Waals surface area contributed by atoms with Gasteiger partial charge in [-0.1, -0.05) is 48.0 Å². The Balaban J connectivity index is 1.34. The second kappa shape index (κ2) is 9.69. The van der Waals surface area contributed by atoms with Crippen LogP contribution in [0.5, 0.6) is 0 Å². The molecule has 1 N–H and O–H groups in total. The fraction of sp³-hybridized carbons (Fsp3) is 0.222. The maximum atomic E-state index is 13.4. The quantitative estimate of drug-likeness (QED) is 0.444. The van der Waals surface area contributed by atoms with Crippen molar-refractivity contribution < 1.29 is 9.59 Å². The monoisotopic (exact) mass is 472 g/mol. The Labute approximate surface area is 203 Å². The van der Waals surface area contributed by atoms with Crippen molar-refractivity contribution in [3.8, 4) is 0 Å². The van der Waals surface area contributed by atoms with Crippen molar-refractivity contribution in [3.63, 3.8) is 0 Å². The smallest absolute Gasteiger partial charge is 0.251 e. The van der Waals surface area contributed by atoms with Gasteiger partial charge in [-0.15, -0.1) is 0 Å². The van der Waals surface area contributed by atoms with Gasteiger partial charge in [-0.3, -0.25) is 9.59 Å². The fourth-order valence-corrected chi connectivity index (χ4v) is 4.72. The van der Waals surface area contributed by atoms with Gasteiger partial charge in [0.05, 0.1) is 11.0 Å². The molecule has 6 nitrogen and oxygen atoms in total. The minimum Gasteiger partial charge on any atom is -0.352 e. The topological polar surface area (TPSA) is 67.2 Å². The molecule has 4 aromatic rings. The number of aromatic nitrogens is 2. The lowest BCUT2D eigenvalue weighted by Gasteiger charge is -2.29. The van der Waals surface area contributed by atoms with Gasteiger partial charge in [0.2, 0.25) is 5.91 Å². The van der Waals surface area contributed by atoms with Crippen LogP contribution in [-0.4, -0.2) is 34.5 Å². The molecular weight excluding hydrogens is 448 g/mol. The number of para-hydroxylation sites is 3. The SMILES string of the molecule is O=C(NCCc1nc2ccccc2n1CC(=O)N1CCCc2ccccc21)c1cccc(Cl)c1. The Bertz CT molecular complexity index is 1360. The first-order chi connectivity index (χ1) is 16.6. The highest BCUT2D eigenvalue weighted by Gasteiger charge is 2.24. The van der Waals surface area contributed by atoms with Crippen LogP contribution in [0.3, 0.4) is 0 Å². The van der Waals surface area contributed by atoms with Crippen LogP contribution in [0.15, 0.2) is 72.8 Å². The lowest BCUT2D eigenvalue weighted by Crippen LogP contribution is -2.38. The summed E-state index contributed by atoms with van der Waals surface area (Å²) >= 11 is 6.00. The zero-order valence-corrected chi connectivity index (χ0v) is 19.5. The van der Waals surface area contributed by atoms with E-state index in [0.29, 0.717) is 30.1 Å². The number of imidazole rings is 1. The summed E-state index contributed by atoms with van der Waals surface area (Å²) in [4.78, 5) is 32.6. The standard InChI is InChI=1S/C27H25ClN4O2/c28-21-10-5-8-20(17-21)27(34)29-15-14-25-30-22-11-2-4-13-24(22)32(25)18-26(33)31-16-6-9-19-7-1-3-12-23(19)31/h1-5,7-8,10-13,17H,6,9,14-16,18H2,(H,29,34). The molecule has 3 aromatic carbocycles. The van der Waals surface area contributed by atoms with Gasteiger partial charge in [0.15, 0.2) is 0 Å². The number of hydrogen-bond donors (Lipinski definition) is 1. The van der Waals surface area contributed by atoms with Crippen molar-refractivity contribution in [2.45, 2.75) is 25.8 Å². The molecule has 34 heavy (non-hydrogen) atoms. The lowest BCUT2D eigenvalue weighted by molar-refractivity contribution is -0.119. The minimum atomic E-state index is -0.189. The Morgan fingerprint density at radius 1 is 1.00 bits per heavy atom. The zero-order valence-electron chi connectivity index (χ0n) is 18.7. The van der Waals surface area contributed by atoms with Crippen molar-refractivity contribution in [1.82, 2.24) is 14.9 Å². The summed E-state index contributed by atoms with van der Waals surface area (Å²) in [7, 11) is 0. The number of amides is 2. The van der Waals surface area contributed by atoms with Gasteiger partial charge < -0.3 is 14.8 Å². The number of nitrogens with one attached hydrogen (secondary N) is 1. The lowest BCUT2D eigenvalue weighted by atomic mass is 10.0.